The molecular formula is C17H21ClN2O. The van der Waals surface area contributed by atoms with Crippen LogP contribution in [-0.2, 0) is 6.54 Å². The normalized spacial score (nSPS) is 16.5. The van der Waals surface area contributed by atoms with Crippen LogP contribution in [-0.4, -0.2) is 23.0 Å². The Hall–Kier alpha value is -1.32. The average molecular weight is 305 g/mol. The van der Waals surface area contributed by atoms with Gasteiger partial charge in [-0.2, -0.15) is 0 Å². The van der Waals surface area contributed by atoms with Crippen LogP contribution >= 0.6 is 11.6 Å². The molecule has 0 aliphatic carbocycles. The van der Waals surface area contributed by atoms with Crippen LogP contribution in [0.15, 0.2) is 16.9 Å². The molecule has 1 fully saturated rings. The van der Waals surface area contributed by atoms with E-state index in [-0.39, 0.29) is 5.43 Å². The summed E-state index contributed by atoms with van der Waals surface area (Å²) in [5.74, 6) is 0. The van der Waals surface area contributed by atoms with Crippen molar-refractivity contribution in [3.8, 4) is 0 Å². The Morgan fingerprint density at radius 2 is 1.90 bits per heavy atom. The number of nitrogens with zero attached hydrogens (tertiary/aromatic N) is 1. The lowest BCUT2D eigenvalue weighted by Crippen LogP contribution is -2.32. The number of hydrogen-bond donors (Lipinski definition) is 1. The van der Waals surface area contributed by atoms with Crippen molar-refractivity contribution in [1.82, 2.24) is 9.88 Å². The number of aryl methyl sites for hydroxylation is 2. The molecule has 1 aromatic carbocycles. The van der Waals surface area contributed by atoms with E-state index >= 15 is 0 Å². The van der Waals surface area contributed by atoms with E-state index in [1.54, 1.807) is 6.07 Å². The van der Waals surface area contributed by atoms with Crippen LogP contribution in [0.4, 0.5) is 0 Å². The minimum atomic E-state index is 0.123. The van der Waals surface area contributed by atoms with Gasteiger partial charge >= 0.3 is 0 Å². The molecule has 1 N–H and O–H groups in total. The van der Waals surface area contributed by atoms with Crippen molar-refractivity contribution < 1.29 is 0 Å². The Kier molecular flexibility index (Phi) is 4.05. The first-order valence-electron chi connectivity index (χ1n) is 7.60. The summed E-state index contributed by atoms with van der Waals surface area (Å²) < 4.78 is 0. The van der Waals surface area contributed by atoms with Crippen molar-refractivity contribution in [3.05, 3.63) is 44.2 Å². The van der Waals surface area contributed by atoms with Crippen LogP contribution in [0, 0.1) is 13.8 Å². The predicted molar refractivity (Wildman–Crippen MR) is 88.2 cm³/mol. The van der Waals surface area contributed by atoms with E-state index in [9.17, 15) is 4.79 Å². The zero-order chi connectivity index (χ0) is 15.0. The standard InChI is InChI=1S/C17H21ClN2O/c1-11-8-13(18)9-14-16(11)19-12(2)15(17(14)21)10-20-6-4-3-5-7-20/h8-9H,3-7,10H2,1-2H3,(H,19,21). The lowest BCUT2D eigenvalue weighted by molar-refractivity contribution is 0.220. The first-order chi connectivity index (χ1) is 10.1. The molecule has 21 heavy (non-hydrogen) atoms. The van der Waals surface area contributed by atoms with Gasteiger partial charge in [-0.15, -0.1) is 0 Å². The molecule has 3 rings (SSSR count). The maximum absolute atomic E-state index is 12.8. The fraction of sp³-hybridized carbons (Fsp3) is 0.471. The average Bonchev–Trinajstić information content (AvgIpc) is 2.46. The van der Waals surface area contributed by atoms with Crippen molar-refractivity contribution in [1.29, 1.82) is 0 Å². The number of benzene rings is 1. The lowest BCUT2D eigenvalue weighted by atomic mass is 10.0. The highest BCUT2D eigenvalue weighted by Gasteiger charge is 2.16. The number of aromatic nitrogens is 1. The smallest absolute Gasteiger partial charge is 0.194 e. The molecule has 0 radical (unpaired) electrons. The number of hydrogen-bond acceptors (Lipinski definition) is 2. The Balaban J connectivity index is 2.08. The number of halogens is 1. The van der Waals surface area contributed by atoms with E-state index in [1.807, 2.05) is 19.9 Å². The van der Waals surface area contributed by atoms with Gasteiger partial charge < -0.3 is 4.98 Å². The molecule has 2 heterocycles. The van der Waals surface area contributed by atoms with E-state index in [1.165, 1.54) is 19.3 Å². The molecular weight excluding hydrogens is 284 g/mol. The van der Waals surface area contributed by atoms with E-state index in [2.05, 4.69) is 9.88 Å². The van der Waals surface area contributed by atoms with Crippen LogP contribution in [0.25, 0.3) is 10.9 Å². The highest BCUT2D eigenvalue weighted by molar-refractivity contribution is 6.31. The van der Waals surface area contributed by atoms with Gasteiger partial charge in [0.25, 0.3) is 0 Å². The van der Waals surface area contributed by atoms with Gasteiger partial charge in [0, 0.05) is 28.2 Å². The Morgan fingerprint density at radius 1 is 1.19 bits per heavy atom. The van der Waals surface area contributed by atoms with Crippen molar-refractivity contribution >= 4 is 22.5 Å². The molecule has 0 saturated carbocycles. The predicted octanol–water partition coefficient (Wildman–Crippen LogP) is 3.78. The van der Waals surface area contributed by atoms with Crippen LogP contribution in [0.5, 0.6) is 0 Å². The topological polar surface area (TPSA) is 36.1 Å². The largest absolute Gasteiger partial charge is 0.358 e. The molecule has 0 spiro atoms. The monoisotopic (exact) mass is 304 g/mol. The van der Waals surface area contributed by atoms with Gasteiger partial charge in [0.05, 0.1) is 5.52 Å². The molecule has 2 aromatic rings. The van der Waals surface area contributed by atoms with E-state index in [4.69, 9.17) is 11.6 Å². The highest BCUT2D eigenvalue weighted by Crippen LogP contribution is 2.22. The van der Waals surface area contributed by atoms with Gasteiger partial charge in [-0.05, 0) is 57.5 Å². The third-order valence-corrected chi connectivity index (χ3v) is 4.63. The second-order valence-corrected chi connectivity index (χ2v) is 6.48. The molecule has 0 bridgehead atoms. The summed E-state index contributed by atoms with van der Waals surface area (Å²) in [4.78, 5) is 18.6. The van der Waals surface area contributed by atoms with Crippen LogP contribution < -0.4 is 5.43 Å². The second-order valence-electron chi connectivity index (χ2n) is 6.04. The Bertz CT molecular complexity index is 730. The van der Waals surface area contributed by atoms with Crippen molar-refractivity contribution in [2.75, 3.05) is 13.1 Å². The number of rotatable bonds is 2. The molecule has 112 valence electrons. The summed E-state index contributed by atoms with van der Waals surface area (Å²) in [6.45, 7) is 6.89. The minimum absolute atomic E-state index is 0.123. The van der Waals surface area contributed by atoms with E-state index in [0.717, 1.165) is 42.0 Å². The number of likely N-dealkylation sites (tertiary alicyclic amines) is 1. The number of fused-ring (bicyclic) bond motifs is 1. The zero-order valence-corrected chi connectivity index (χ0v) is 13.4. The maximum atomic E-state index is 12.8. The summed E-state index contributed by atoms with van der Waals surface area (Å²) in [5, 5.41) is 1.33. The van der Waals surface area contributed by atoms with E-state index < -0.39 is 0 Å². The van der Waals surface area contributed by atoms with Gasteiger partial charge in [0.15, 0.2) is 5.43 Å². The third-order valence-electron chi connectivity index (χ3n) is 4.41. The van der Waals surface area contributed by atoms with Gasteiger partial charge in [-0.3, -0.25) is 9.69 Å². The Labute approximate surface area is 129 Å². The Morgan fingerprint density at radius 3 is 2.62 bits per heavy atom. The highest BCUT2D eigenvalue weighted by atomic mass is 35.5. The molecule has 4 heteroatoms. The van der Waals surface area contributed by atoms with Crippen molar-refractivity contribution in [2.45, 2.75) is 39.7 Å². The van der Waals surface area contributed by atoms with Crippen LogP contribution in [0.2, 0.25) is 5.02 Å². The molecule has 1 aliphatic rings. The first-order valence-corrected chi connectivity index (χ1v) is 7.98. The number of piperidine rings is 1. The summed E-state index contributed by atoms with van der Waals surface area (Å²) in [5.41, 5.74) is 3.90. The number of H-pyrrole nitrogens is 1. The molecule has 3 nitrogen and oxygen atoms in total. The number of nitrogens with one attached hydrogen (secondary N) is 1. The minimum Gasteiger partial charge on any atom is -0.358 e. The van der Waals surface area contributed by atoms with Gasteiger partial charge in [0.1, 0.15) is 0 Å². The maximum Gasteiger partial charge on any atom is 0.194 e. The summed E-state index contributed by atoms with van der Waals surface area (Å²) >= 11 is 6.12. The SMILES string of the molecule is Cc1[nH]c2c(C)cc(Cl)cc2c(=O)c1CN1CCCCC1. The quantitative estimate of drug-likeness (QED) is 0.916. The molecule has 1 saturated heterocycles. The van der Waals surface area contributed by atoms with Crippen molar-refractivity contribution in [2.24, 2.45) is 0 Å². The van der Waals surface area contributed by atoms with Gasteiger partial charge in [0.2, 0.25) is 0 Å². The molecule has 0 amide bonds. The fourth-order valence-electron chi connectivity index (χ4n) is 3.22. The van der Waals surface area contributed by atoms with Crippen LogP contribution in [0.1, 0.15) is 36.1 Å². The molecule has 1 aromatic heterocycles. The van der Waals surface area contributed by atoms with Crippen molar-refractivity contribution in [3.63, 3.8) is 0 Å². The first kappa shape index (κ1) is 14.6. The molecule has 0 unspecified atom stereocenters. The summed E-state index contributed by atoms with van der Waals surface area (Å²) in [6, 6.07) is 3.67. The molecule has 0 atom stereocenters. The summed E-state index contributed by atoms with van der Waals surface area (Å²) in [7, 11) is 0. The number of aromatic amines is 1. The molecule has 1 aliphatic heterocycles. The van der Waals surface area contributed by atoms with Gasteiger partial charge in [-0.1, -0.05) is 18.0 Å². The van der Waals surface area contributed by atoms with Crippen LogP contribution in [0.3, 0.4) is 0 Å². The zero-order valence-electron chi connectivity index (χ0n) is 12.6. The van der Waals surface area contributed by atoms with Gasteiger partial charge in [-0.25, -0.2) is 0 Å². The third kappa shape index (κ3) is 2.85. The fourth-order valence-corrected chi connectivity index (χ4v) is 3.49. The summed E-state index contributed by atoms with van der Waals surface area (Å²) in [6.07, 6.45) is 3.77. The second kappa shape index (κ2) is 5.82. The number of pyridine rings is 1. The lowest BCUT2D eigenvalue weighted by Gasteiger charge is -2.26. The van der Waals surface area contributed by atoms with E-state index in [0.29, 0.717) is 10.4 Å².